The highest BCUT2D eigenvalue weighted by Gasteiger charge is 2.31. The highest BCUT2D eigenvalue weighted by Crippen LogP contribution is 2.44. The van der Waals surface area contributed by atoms with Crippen LogP contribution in [0.2, 0.25) is 5.02 Å². The number of hydrogen-bond donors (Lipinski definition) is 1. The van der Waals surface area contributed by atoms with E-state index in [1.54, 1.807) is 13.2 Å². The quantitative estimate of drug-likeness (QED) is 0.891. The molecule has 1 unspecified atom stereocenters. The molecule has 0 saturated heterocycles. The fraction of sp³-hybridized carbons (Fsp3) is 0.263. The SMILES string of the molecule is COc1ccc2c(c1)OC(C)(C)C=C2C(O)c1ccccc1Cl. The van der Waals surface area contributed by atoms with Gasteiger partial charge in [-0.3, -0.25) is 0 Å². The van der Waals surface area contributed by atoms with E-state index in [1.165, 1.54) is 0 Å². The Bertz CT molecular complexity index is 765. The molecule has 23 heavy (non-hydrogen) atoms. The molecule has 3 rings (SSSR count). The molecule has 1 aliphatic heterocycles. The lowest BCUT2D eigenvalue weighted by molar-refractivity contribution is 0.152. The molecule has 2 aromatic carbocycles. The van der Waals surface area contributed by atoms with E-state index in [4.69, 9.17) is 21.1 Å². The van der Waals surface area contributed by atoms with Crippen LogP contribution in [0.25, 0.3) is 5.57 Å². The van der Waals surface area contributed by atoms with Crippen molar-refractivity contribution in [1.29, 1.82) is 0 Å². The maximum absolute atomic E-state index is 10.9. The lowest BCUT2D eigenvalue weighted by Crippen LogP contribution is -2.30. The monoisotopic (exact) mass is 330 g/mol. The van der Waals surface area contributed by atoms with Crippen LogP contribution in [0.15, 0.2) is 48.5 Å². The van der Waals surface area contributed by atoms with Gasteiger partial charge in [0.05, 0.1) is 7.11 Å². The number of aliphatic hydroxyl groups is 1. The summed E-state index contributed by atoms with van der Waals surface area (Å²) in [5.41, 5.74) is 1.78. The van der Waals surface area contributed by atoms with E-state index in [9.17, 15) is 5.11 Å². The summed E-state index contributed by atoms with van der Waals surface area (Å²) < 4.78 is 11.3. The maximum atomic E-state index is 10.9. The van der Waals surface area contributed by atoms with Gasteiger partial charge in [-0.1, -0.05) is 29.8 Å². The van der Waals surface area contributed by atoms with Crippen LogP contribution in [-0.4, -0.2) is 17.8 Å². The van der Waals surface area contributed by atoms with Crippen molar-refractivity contribution in [2.24, 2.45) is 0 Å². The van der Waals surface area contributed by atoms with E-state index in [0.717, 1.165) is 11.1 Å². The Labute approximate surface area is 141 Å². The van der Waals surface area contributed by atoms with Gasteiger partial charge >= 0.3 is 0 Å². The number of halogens is 1. The van der Waals surface area contributed by atoms with Crippen molar-refractivity contribution >= 4 is 17.2 Å². The van der Waals surface area contributed by atoms with E-state index >= 15 is 0 Å². The summed E-state index contributed by atoms with van der Waals surface area (Å²) in [5, 5.41) is 11.4. The summed E-state index contributed by atoms with van der Waals surface area (Å²) in [4.78, 5) is 0. The molecule has 0 spiro atoms. The predicted octanol–water partition coefficient (Wildman–Crippen LogP) is 4.64. The first-order valence-corrected chi connectivity index (χ1v) is 7.82. The van der Waals surface area contributed by atoms with Crippen LogP contribution in [0.5, 0.6) is 11.5 Å². The van der Waals surface area contributed by atoms with Crippen molar-refractivity contribution in [1.82, 2.24) is 0 Å². The molecule has 0 aromatic heterocycles. The summed E-state index contributed by atoms with van der Waals surface area (Å²) in [7, 11) is 1.62. The predicted molar refractivity (Wildman–Crippen MR) is 92.1 cm³/mol. The Kier molecular flexibility index (Phi) is 4.09. The summed E-state index contributed by atoms with van der Waals surface area (Å²) in [6, 6.07) is 12.9. The number of rotatable bonds is 3. The van der Waals surface area contributed by atoms with Crippen molar-refractivity contribution in [2.75, 3.05) is 7.11 Å². The van der Waals surface area contributed by atoms with Crippen LogP contribution in [0, 0.1) is 0 Å². The molecular formula is C19H19ClO3. The maximum Gasteiger partial charge on any atom is 0.131 e. The molecule has 0 bridgehead atoms. The normalized spacial score (nSPS) is 16.8. The third-order valence-electron chi connectivity index (χ3n) is 3.87. The second-order valence-electron chi connectivity index (χ2n) is 6.09. The summed E-state index contributed by atoms with van der Waals surface area (Å²) in [5.74, 6) is 1.41. The average Bonchev–Trinajstić information content (AvgIpc) is 2.52. The molecule has 0 amide bonds. The fourth-order valence-electron chi connectivity index (χ4n) is 2.81. The summed E-state index contributed by atoms with van der Waals surface area (Å²) in [6.45, 7) is 3.91. The third kappa shape index (κ3) is 3.07. The lowest BCUT2D eigenvalue weighted by Gasteiger charge is -2.33. The lowest BCUT2D eigenvalue weighted by atomic mass is 9.88. The fourth-order valence-corrected chi connectivity index (χ4v) is 3.05. The molecule has 120 valence electrons. The summed E-state index contributed by atoms with van der Waals surface area (Å²) >= 11 is 6.25. The number of benzene rings is 2. The molecular weight excluding hydrogens is 312 g/mol. The molecule has 1 N–H and O–H groups in total. The van der Waals surface area contributed by atoms with Crippen LogP contribution in [-0.2, 0) is 0 Å². The van der Waals surface area contributed by atoms with Gasteiger partial charge in [-0.15, -0.1) is 0 Å². The minimum atomic E-state index is -0.820. The minimum absolute atomic E-state index is 0.531. The van der Waals surface area contributed by atoms with Gasteiger partial charge in [-0.2, -0.15) is 0 Å². The van der Waals surface area contributed by atoms with Crippen LogP contribution in [0.4, 0.5) is 0 Å². The van der Waals surface area contributed by atoms with Gasteiger partial charge in [0.1, 0.15) is 23.2 Å². The standard InChI is InChI=1S/C19H19ClO3/c1-19(2)11-15(18(21)14-6-4-5-7-16(14)20)13-9-8-12(22-3)10-17(13)23-19/h4-11,18,21H,1-3H3. The molecule has 1 atom stereocenters. The molecule has 0 aliphatic carbocycles. The first kappa shape index (κ1) is 15.9. The topological polar surface area (TPSA) is 38.7 Å². The average molecular weight is 331 g/mol. The summed E-state index contributed by atoms with van der Waals surface area (Å²) in [6.07, 6.45) is 1.12. The molecule has 0 saturated carbocycles. The zero-order valence-electron chi connectivity index (χ0n) is 13.3. The van der Waals surface area contributed by atoms with Gasteiger partial charge in [0, 0.05) is 22.2 Å². The van der Waals surface area contributed by atoms with Gasteiger partial charge in [0.2, 0.25) is 0 Å². The minimum Gasteiger partial charge on any atom is -0.497 e. The molecule has 1 aliphatic rings. The van der Waals surface area contributed by atoms with Gasteiger partial charge < -0.3 is 14.6 Å². The Morgan fingerprint density at radius 1 is 1.17 bits per heavy atom. The first-order valence-electron chi connectivity index (χ1n) is 7.44. The third-order valence-corrected chi connectivity index (χ3v) is 4.21. The van der Waals surface area contributed by atoms with Gasteiger partial charge in [-0.25, -0.2) is 0 Å². The van der Waals surface area contributed by atoms with Crippen LogP contribution >= 0.6 is 11.6 Å². The molecule has 1 heterocycles. The number of fused-ring (bicyclic) bond motifs is 1. The molecule has 0 radical (unpaired) electrons. The van der Waals surface area contributed by atoms with E-state index in [0.29, 0.717) is 22.1 Å². The smallest absolute Gasteiger partial charge is 0.131 e. The van der Waals surface area contributed by atoms with E-state index in [1.807, 2.05) is 56.3 Å². The molecule has 3 nitrogen and oxygen atoms in total. The highest BCUT2D eigenvalue weighted by molar-refractivity contribution is 6.31. The van der Waals surface area contributed by atoms with E-state index in [2.05, 4.69) is 0 Å². The molecule has 2 aromatic rings. The van der Waals surface area contributed by atoms with Crippen molar-refractivity contribution in [3.63, 3.8) is 0 Å². The van der Waals surface area contributed by atoms with E-state index in [-0.39, 0.29) is 0 Å². The highest BCUT2D eigenvalue weighted by atomic mass is 35.5. The van der Waals surface area contributed by atoms with Gasteiger partial charge in [-0.05, 0) is 43.7 Å². The molecule has 0 fully saturated rings. The molecule has 4 heteroatoms. The van der Waals surface area contributed by atoms with Crippen LogP contribution in [0.3, 0.4) is 0 Å². The Morgan fingerprint density at radius 3 is 2.61 bits per heavy atom. The number of hydrogen-bond acceptors (Lipinski definition) is 3. The van der Waals surface area contributed by atoms with Crippen LogP contribution < -0.4 is 9.47 Å². The van der Waals surface area contributed by atoms with Crippen molar-refractivity contribution in [3.05, 3.63) is 64.7 Å². The number of ether oxygens (including phenoxy) is 2. The largest absolute Gasteiger partial charge is 0.497 e. The van der Waals surface area contributed by atoms with Gasteiger partial charge in [0.15, 0.2) is 0 Å². The van der Waals surface area contributed by atoms with E-state index < -0.39 is 11.7 Å². The van der Waals surface area contributed by atoms with Crippen LogP contribution in [0.1, 0.15) is 31.1 Å². The van der Waals surface area contributed by atoms with Crippen molar-refractivity contribution in [3.8, 4) is 11.5 Å². The Morgan fingerprint density at radius 2 is 1.91 bits per heavy atom. The Balaban J connectivity index is 2.11. The zero-order valence-corrected chi connectivity index (χ0v) is 14.1. The second kappa shape index (κ2) is 5.91. The Hall–Kier alpha value is -1.97. The first-order chi connectivity index (χ1) is 10.9. The van der Waals surface area contributed by atoms with Gasteiger partial charge in [0.25, 0.3) is 0 Å². The number of methoxy groups -OCH3 is 1. The second-order valence-corrected chi connectivity index (χ2v) is 6.50. The van der Waals surface area contributed by atoms with Crippen molar-refractivity contribution in [2.45, 2.75) is 25.6 Å². The van der Waals surface area contributed by atoms with Crippen molar-refractivity contribution < 1.29 is 14.6 Å². The number of aliphatic hydroxyl groups excluding tert-OH is 1. The zero-order chi connectivity index (χ0) is 16.6.